The molecule has 1 saturated carbocycles. The van der Waals surface area contributed by atoms with E-state index < -0.39 is 0 Å². The topological polar surface area (TPSA) is 51.8 Å². The largest absolute Gasteiger partial charge is 0.328 e. The third-order valence-electron chi connectivity index (χ3n) is 3.57. The molecule has 0 unspecified atom stereocenters. The first-order valence-corrected chi connectivity index (χ1v) is 7.33. The molecule has 3 rings (SSSR count). The first kappa shape index (κ1) is 11.8. The lowest BCUT2D eigenvalue weighted by Crippen LogP contribution is -2.25. The van der Waals surface area contributed by atoms with Gasteiger partial charge in [0.1, 0.15) is 0 Å². The van der Waals surface area contributed by atoms with Crippen molar-refractivity contribution in [3.63, 3.8) is 0 Å². The van der Waals surface area contributed by atoms with E-state index in [0.29, 0.717) is 12.0 Å². The van der Waals surface area contributed by atoms with Crippen LogP contribution in [0.3, 0.4) is 0 Å². The first-order valence-electron chi connectivity index (χ1n) is 6.45. The molecule has 0 saturated heterocycles. The van der Waals surface area contributed by atoms with Crippen LogP contribution < -0.4 is 5.73 Å². The second-order valence-electron chi connectivity index (χ2n) is 4.90. The van der Waals surface area contributed by atoms with Crippen molar-refractivity contribution >= 4 is 11.3 Å². The molecule has 0 radical (unpaired) electrons. The predicted octanol–water partition coefficient (Wildman–Crippen LogP) is 3.19. The Labute approximate surface area is 111 Å². The van der Waals surface area contributed by atoms with Crippen molar-refractivity contribution in [2.45, 2.75) is 37.6 Å². The monoisotopic (exact) mass is 259 g/mol. The van der Waals surface area contributed by atoms with E-state index in [1.165, 1.54) is 17.8 Å². The van der Waals surface area contributed by atoms with Gasteiger partial charge in [0, 0.05) is 23.5 Å². The highest BCUT2D eigenvalue weighted by atomic mass is 32.1. The summed E-state index contributed by atoms with van der Waals surface area (Å²) in [6.45, 7) is 0. The van der Waals surface area contributed by atoms with E-state index in [1.807, 2.05) is 24.4 Å². The second kappa shape index (κ2) is 5.16. The average molecular weight is 259 g/mol. The van der Waals surface area contributed by atoms with Crippen molar-refractivity contribution in [1.29, 1.82) is 0 Å². The molecule has 2 aromatic rings. The van der Waals surface area contributed by atoms with Gasteiger partial charge in [0.15, 0.2) is 0 Å². The molecule has 2 aromatic heterocycles. The molecule has 94 valence electrons. The molecule has 1 aliphatic rings. The zero-order valence-corrected chi connectivity index (χ0v) is 11.1. The van der Waals surface area contributed by atoms with E-state index >= 15 is 0 Å². The zero-order valence-electron chi connectivity index (χ0n) is 10.2. The molecule has 0 aromatic carbocycles. The third kappa shape index (κ3) is 2.44. The predicted molar refractivity (Wildman–Crippen MR) is 74.5 cm³/mol. The van der Waals surface area contributed by atoms with Crippen molar-refractivity contribution in [2.24, 2.45) is 5.73 Å². The van der Waals surface area contributed by atoms with Crippen LogP contribution in [0, 0.1) is 0 Å². The summed E-state index contributed by atoms with van der Waals surface area (Å²) >= 11 is 1.76. The van der Waals surface area contributed by atoms with Crippen LogP contribution in [0.15, 0.2) is 29.8 Å². The molecule has 0 spiro atoms. The van der Waals surface area contributed by atoms with Gasteiger partial charge in [0.25, 0.3) is 0 Å². The number of hydrogen-bond acceptors (Lipinski definition) is 4. The molecular formula is C14H17N3S. The fraction of sp³-hybridized carbons (Fsp3) is 0.429. The van der Waals surface area contributed by atoms with E-state index in [-0.39, 0.29) is 0 Å². The quantitative estimate of drug-likeness (QED) is 0.901. The molecule has 0 bridgehead atoms. The maximum absolute atomic E-state index is 5.94. The summed E-state index contributed by atoms with van der Waals surface area (Å²) in [5.74, 6) is 0.604. The summed E-state index contributed by atoms with van der Waals surface area (Å²) in [6.07, 6.45) is 6.42. The summed E-state index contributed by atoms with van der Waals surface area (Å²) < 4.78 is 0. The van der Waals surface area contributed by atoms with Gasteiger partial charge in [-0.05, 0) is 37.8 Å². The molecule has 0 aliphatic heterocycles. The van der Waals surface area contributed by atoms with Gasteiger partial charge in [-0.2, -0.15) is 0 Å². The molecule has 1 fully saturated rings. The lowest BCUT2D eigenvalue weighted by molar-refractivity contribution is 0.395. The van der Waals surface area contributed by atoms with Gasteiger partial charge in [0.05, 0.1) is 16.4 Å². The average Bonchev–Trinajstić information content (AvgIpc) is 2.90. The van der Waals surface area contributed by atoms with Crippen LogP contribution in [0.4, 0.5) is 0 Å². The minimum atomic E-state index is 0.400. The van der Waals surface area contributed by atoms with Crippen LogP contribution in [-0.2, 0) is 0 Å². The SMILES string of the molecule is NC1CCC(c2nc(-c3ccccn3)cs2)CC1. The second-order valence-corrected chi connectivity index (χ2v) is 5.79. The van der Waals surface area contributed by atoms with Gasteiger partial charge in [-0.15, -0.1) is 11.3 Å². The van der Waals surface area contributed by atoms with Crippen molar-refractivity contribution in [1.82, 2.24) is 9.97 Å². The molecule has 3 nitrogen and oxygen atoms in total. The molecule has 0 amide bonds. The van der Waals surface area contributed by atoms with Crippen LogP contribution in [0.5, 0.6) is 0 Å². The molecule has 4 heteroatoms. The van der Waals surface area contributed by atoms with Gasteiger partial charge in [-0.3, -0.25) is 4.98 Å². The van der Waals surface area contributed by atoms with Crippen LogP contribution in [0.25, 0.3) is 11.4 Å². The fourth-order valence-electron chi connectivity index (χ4n) is 2.47. The van der Waals surface area contributed by atoms with Gasteiger partial charge in [-0.25, -0.2) is 4.98 Å². The van der Waals surface area contributed by atoms with E-state index in [0.717, 1.165) is 24.2 Å². The molecule has 0 atom stereocenters. The molecule has 18 heavy (non-hydrogen) atoms. The van der Waals surface area contributed by atoms with Gasteiger partial charge in [-0.1, -0.05) is 6.07 Å². The Morgan fingerprint density at radius 2 is 1.94 bits per heavy atom. The smallest absolute Gasteiger partial charge is 0.0998 e. The number of hydrogen-bond donors (Lipinski definition) is 1. The summed E-state index contributed by atoms with van der Waals surface area (Å²) in [4.78, 5) is 9.09. The Morgan fingerprint density at radius 3 is 2.67 bits per heavy atom. The number of thiazole rings is 1. The molecule has 2 N–H and O–H groups in total. The van der Waals surface area contributed by atoms with Crippen LogP contribution in [0.1, 0.15) is 36.6 Å². The lowest BCUT2D eigenvalue weighted by Gasteiger charge is -2.24. The Bertz CT molecular complexity index is 501. The molecule has 1 aliphatic carbocycles. The highest BCUT2D eigenvalue weighted by molar-refractivity contribution is 7.10. The maximum Gasteiger partial charge on any atom is 0.0998 e. The number of nitrogens with two attached hydrogens (primary N) is 1. The summed E-state index contributed by atoms with van der Waals surface area (Å²) in [6, 6.07) is 6.34. The van der Waals surface area contributed by atoms with Gasteiger partial charge in [0.2, 0.25) is 0 Å². The van der Waals surface area contributed by atoms with Crippen molar-refractivity contribution in [3.8, 4) is 11.4 Å². The van der Waals surface area contributed by atoms with Crippen LogP contribution in [0.2, 0.25) is 0 Å². The van der Waals surface area contributed by atoms with E-state index in [1.54, 1.807) is 11.3 Å². The minimum absolute atomic E-state index is 0.400. The zero-order chi connectivity index (χ0) is 12.4. The minimum Gasteiger partial charge on any atom is -0.328 e. The molecular weight excluding hydrogens is 242 g/mol. The van der Waals surface area contributed by atoms with Crippen molar-refractivity contribution in [2.75, 3.05) is 0 Å². The third-order valence-corrected chi connectivity index (χ3v) is 4.58. The summed E-state index contributed by atoms with van der Waals surface area (Å²) in [5, 5.41) is 3.37. The summed E-state index contributed by atoms with van der Waals surface area (Å²) in [7, 11) is 0. The Kier molecular flexibility index (Phi) is 3.39. The number of aromatic nitrogens is 2. The summed E-state index contributed by atoms with van der Waals surface area (Å²) in [5.41, 5.74) is 7.91. The van der Waals surface area contributed by atoms with Crippen LogP contribution >= 0.6 is 11.3 Å². The first-order chi connectivity index (χ1) is 8.83. The highest BCUT2D eigenvalue weighted by Crippen LogP contribution is 2.35. The lowest BCUT2D eigenvalue weighted by atomic mass is 9.87. The van der Waals surface area contributed by atoms with Crippen molar-refractivity contribution < 1.29 is 0 Å². The van der Waals surface area contributed by atoms with Crippen molar-refractivity contribution in [3.05, 3.63) is 34.8 Å². The van der Waals surface area contributed by atoms with Crippen LogP contribution in [-0.4, -0.2) is 16.0 Å². The van der Waals surface area contributed by atoms with Gasteiger partial charge < -0.3 is 5.73 Å². The molecule has 2 heterocycles. The van der Waals surface area contributed by atoms with E-state index in [2.05, 4.69) is 10.4 Å². The number of rotatable bonds is 2. The van der Waals surface area contributed by atoms with E-state index in [4.69, 9.17) is 10.7 Å². The Hall–Kier alpha value is -1.26. The Balaban J connectivity index is 1.78. The number of nitrogens with zero attached hydrogens (tertiary/aromatic N) is 2. The Morgan fingerprint density at radius 1 is 1.11 bits per heavy atom. The highest BCUT2D eigenvalue weighted by Gasteiger charge is 2.22. The number of pyridine rings is 1. The van der Waals surface area contributed by atoms with Gasteiger partial charge >= 0.3 is 0 Å². The maximum atomic E-state index is 5.94. The normalized spacial score (nSPS) is 24.1. The standard InChI is InChI=1S/C14H17N3S/c15-11-6-4-10(5-7-11)14-17-13(9-18-14)12-3-1-2-8-16-12/h1-3,8-11H,4-7,15H2. The fourth-order valence-corrected chi connectivity index (χ4v) is 3.46. The van der Waals surface area contributed by atoms with E-state index in [9.17, 15) is 0 Å².